The molecule has 1 aromatic rings. The second kappa shape index (κ2) is 6.21. The van der Waals surface area contributed by atoms with Gasteiger partial charge in [-0.1, -0.05) is 13.8 Å². The molecule has 0 radical (unpaired) electrons. The van der Waals surface area contributed by atoms with Crippen LogP contribution in [0.25, 0.3) is 0 Å². The summed E-state index contributed by atoms with van der Waals surface area (Å²) < 4.78 is 6.66. The van der Waals surface area contributed by atoms with Crippen LogP contribution in [0.4, 0.5) is 0 Å². The summed E-state index contributed by atoms with van der Waals surface area (Å²) >= 11 is 0. The first kappa shape index (κ1) is 13.5. The predicted octanol–water partition coefficient (Wildman–Crippen LogP) is 1.88. The number of pyridine rings is 1. The number of ether oxygens (including phenoxy) is 1. The molecule has 4 heteroatoms. The quantitative estimate of drug-likeness (QED) is 0.731. The molecule has 0 amide bonds. The minimum absolute atomic E-state index is 0.199. The molecule has 17 heavy (non-hydrogen) atoms. The Labute approximate surface area is 101 Å². The zero-order valence-electron chi connectivity index (χ0n) is 10.6. The molecule has 0 bridgehead atoms. The van der Waals surface area contributed by atoms with Gasteiger partial charge in [0.25, 0.3) is 5.56 Å². The van der Waals surface area contributed by atoms with E-state index >= 15 is 0 Å². The predicted molar refractivity (Wildman–Crippen MR) is 66.0 cm³/mol. The van der Waals surface area contributed by atoms with Gasteiger partial charge in [-0.05, 0) is 24.5 Å². The molecule has 1 rings (SSSR count). The van der Waals surface area contributed by atoms with E-state index in [0.29, 0.717) is 13.2 Å². The summed E-state index contributed by atoms with van der Waals surface area (Å²) in [5.74, 6) is 0.262. The highest BCUT2D eigenvalue weighted by Gasteiger charge is 2.10. The van der Waals surface area contributed by atoms with E-state index < -0.39 is 0 Å². The van der Waals surface area contributed by atoms with Crippen molar-refractivity contribution in [2.24, 2.45) is 0 Å². The van der Waals surface area contributed by atoms with Crippen LogP contribution in [0.3, 0.4) is 0 Å². The van der Waals surface area contributed by atoms with E-state index in [1.54, 1.807) is 17.7 Å². The molecule has 0 unspecified atom stereocenters. The number of methoxy groups -OCH3 is 1. The molecule has 0 saturated carbocycles. The van der Waals surface area contributed by atoms with Gasteiger partial charge in [0.05, 0.1) is 0 Å². The molecule has 0 aromatic carbocycles. The summed E-state index contributed by atoms with van der Waals surface area (Å²) in [4.78, 5) is 12.0. The second-order valence-electron chi connectivity index (χ2n) is 4.24. The van der Waals surface area contributed by atoms with E-state index in [2.05, 4.69) is 0 Å². The SMILES string of the molecule is COCCCn1c(C(C)C)ccc(C#N)c1=O. The standard InChI is InChI=1S/C13H18N2O2/c1-10(2)12-6-5-11(9-14)13(16)15(12)7-4-8-17-3/h5-6,10H,4,7-8H2,1-3H3. The molecule has 0 aliphatic rings. The van der Waals surface area contributed by atoms with Crippen molar-refractivity contribution in [2.75, 3.05) is 13.7 Å². The van der Waals surface area contributed by atoms with Gasteiger partial charge < -0.3 is 9.30 Å². The van der Waals surface area contributed by atoms with Crippen LogP contribution in [0.15, 0.2) is 16.9 Å². The lowest BCUT2D eigenvalue weighted by Crippen LogP contribution is -2.26. The Morgan fingerprint density at radius 2 is 2.18 bits per heavy atom. The van der Waals surface area contributed by atoms with Gasteiger partial charge in [-0.3, -0.25) is 4.79 Å². The van der Waals surface area contributed by atoms with E-state index in [9.17, 15) is 4.79 Å². The van der Waals surface area contributed by atoms with Gasteiger partial charge in [0.15, 0.2) is 0 Å². The summed E-state index contributed by atoms with van der Waals surface area (Å²) in [5.41, 5.74) is 0.965. The van der Waals surface area contributed by atoms with Crippen molar-refractivity contribution in [1.29, 1.82) is 5.26 Å². The lowest BCUT2D eigenvalue weighted by atomic mass is 10.1. The highest BCUT2D eigenvalue weighted by molar-refractivity contribution is 5.28. The minimum Gasteiger partial charge on any atom is -0.385 e. The fraction of sp³-hybridized carbons (Fsp3) is 0.538. The summed E-state index contributed by atoms with van der Waals surface area (Å²) in [7, 11) is 1.64. The fourth-order valence-corrected chi connectivity index (χ4v) is 1.78. The van der Waals surface area contributed by atoms with Crippen LogP contribution in [-0.4, -0.2) is 18.3 Å². The van der Waals surface area contributed by atoms with Gasteiger partial charge in [-0.15, -0.1) is 0 Å². The Bertz CT molecular complexity index is 469. The maximum atomic E-state index is 12.0. The van der Waals surface area contributed by atoms with Crippen molar-refractivity contribution in [1.82, 2.24) is 4.57 Å². The van der Waals surface area contributed by atoms with E-state index in [0.717, 1.165) is 12.1 Å². The topological polar surface area (TPSA) is 55.0 Å². The smallest absolute Gasteiger partial charge is 0.268 e. The van der Waals surface area contributed by atoms with Gasteiger partial charge in [-0.25, -0.2) is 0 Å². The number of hydrogen-bond donors (Lipinski definition) is 0. The summed E-state index contributed by atoms with van der Waals surface area (Å²) in [5, 5.41) is 8.86. The van der Waals surface area contributed by atoms with Crippen molar-refractivity contribution in [2.45, 2.75) is 32.7 Å². The third kappa shape index (κ3) is 3.18. The zero-order valence-corrected chi connectivity index (χ0v) is 10.6. The Morgan fingerprint density at radius 1 is 1.47 bits per heavy atom. The van der Waals surface area contributed by atoms with Gasteiger partial charge in [0, 0.05) is 26.0 Å². The molecule has 0 N–H and O–H groups in total. The van der Waals surface area contributed by atoms with E-state index in [4.69, 9.17) is 10.00 Å². The summed E-state index contributed by atoms with van der Waals surface area (Å²) in [6.45, 7) is 5.28. The number of nitriles is 1. The molecular formula is C13H18N2O2. The molecule has 0 aliphatic carbocycles. The molecule has 0 aliphatic heterocycles. The molecule has 4 nitrogen and oxygen atoms in total. The maximum absolute atomic E-state index is 12.0. The normalized spacial score (nSPS) is 10.5. The Hall–Kier alpha value is -1.60. The van der Waals surface area contributed by atoms with Gasteiger partial charge in [0.1, 0.15) is 11.6 Å². The van der Waals surface area contributed by atoms with Gasteiger partial charge in [-0.2, -0.15) is 5.26 Å². The maximum Gasteiger partial charge on any atom is 0.268 e. The number of hydrogen-bond acceptors (Lipinski definition) is 3. The Kier molecular flexibility index (Phi) is 4.92. The first-order valence-corrected chi connectivity index (χ1v) is 5.74. The van der Waals surface area contributed by atoms with E-state index in [1.165, 1.54) is 0 Å². The van der Waals surface area contributed by atoms with Crippen molar-refractivity contribution in [3.63, 3.8) is 0 Å². The first-order chi connectivity index (χ1) is 8.11. The molecule has 92 valence electrons. The zero-order chi connectivity index (χ0) is 12.8. The monoisotopic (exact) mass is 234 g/mol. The lowest BCUT2D eigenvalue weighted by molar-refractivity contribution is 0.189. The van der Waals surface area contributed by atoms with Crippen molar-refractivity contribution in [3.05, 3.63) is 33.7 Å². The highest BCUT2D eigenvalue weighted by Crippen LogP contribution is 2.13. The Balaban J connectivity index is 3.12. The third-order valence-electron chi connectivity index (χ3n) is 2.65. The van der Waals surface area contributed by atoms with Crippen molar-refractivity contribution >= 4 is 0 Å². The minimum atomic E-state index is -0.199. The van der Waals surface area contributed by atoms with Gasteiger partial charge in [0.2, 0.25) is 0 Å². The number of rotatable bonds is 5. The average Bonchev–Trinajstić information content (AvgIpc) is 2.31. The molecule has 0 fully saturated rings. The summed E-state index contributed by atoms with van der Waals surface area (Å²) in [6.07, 6.45) is 0.769. The van der Waals surface area contributed by atoms with Crippen LogP contribution in [0, 0.1) is 11.3 Å². The largest absolute Gasteiger partial charge is 0.385 e. The van der Waals surface area contributed by atoms with Crippen molar-refractivity contribution in [3.8, 4) is 6.07 Å². The fourth-order valence-electron chi connectivity index (χ4n) is 1.78. The van der Waals surface area contributed by atoms with E-state index in [1.807, 2.05) is 26.0 Å². The molecule has 0 spiro atoms. The van der Waals surface area contributed by atoms with Crippen LogP contribution in [0.1, 0.15) is 37.4 Å². The second-order valence-corrected chi connectivity index (χ2v) is 4.24. The lowest BCUT2D eigenvalue weighted by Gasteiger charge is -2.15. The molecular weight excluding hydrogens is 216 g/mol. The first-order valence-electron chi connectivity index (χ1n) is 5.74. The van der Waals surface area contributed by atoms with Crippen molar-refractivity contribution < 1.29 is 4.74 Å². The van der Waals surface area contributed by atoms with Gasteiger partial charge >= 0.3 is 0 Å². The molecule has 1 aromatic heterocycles. The van der Waals surface area contributed by atoms with Crippen LogP contribution < -0.4 is 5.56 Å². The van der Waals surface area contributed by atoms with Crippen LogP contribution in [0.2, 0.25) is 0 Å². The van der Waals surface area contributed by atoms with Crippen LogP contribution in [0.5, 0.6) is 0 Å². The highest BCUT2D eigenvalue weighted by atomic mass is 16.5. The molecule has 1 heterocycles. The van der Waals surface area contributed by atoms with Crippen LogP contribution >= 0.6 is 0 Å². The summed E-state index contributed by atoms with van der Waals surface area (Å²) in [6, 6.07) is 5.39. The molecule has 0 atom stereocenters. The average molecular weight is 234 g/mol. The molecule has 0 saturated heterocycles. The number of aromatic nitrogens is 1. The number of nitrogens with zero attached hydrogens (tertiary/aromatic N) is 2. The van der Waals surface area contributed by atoms with Crippen LogP contribution in [-0.2, 0) is 11.3 Å². The van der Waals surface area contributed by atoms with E-state index in [-0.39, 0.29) is 17.0 Å². The third-order valence-corrected chi connectivity index (χ3v) is 2.65. The Morgan fingerprint density at radius 3 is 2.71 bits per heavy atom.